The van der Waals surface area contributed by atoms with Gasteiger partial charge in [-0.1, -0.05) is 30.3 Å². The molecule has 2 aliphatic heterocycles. The molecule has 34 heavy (non-hydrogen) atoms. The minimum atomic E-state index is -1.04. The van der Waals surface area contributed by atoms with Gasteiger partial charge < -0.3 is 23.5 Å². The highest BCUT2D eigenvalue weighted by molar-refractivity contribution is 6.49. The molecule has 0 aromatic heterocycles. The maximum Gasteiger partial charge on any atom is 0.468 e. The third kappa shape index (κ3) is 4.14. The summed E-state index contributed by atoms with van der Waals surface area (Å²) < 4.78 is 28.8. The SMILES string of the molecule is COC(=O)[C@H]1[C@@H](B2OC(C)(C)C(C)(C)O2)c2cc(OC)ccc2N1C(=O)OCc1ccccc1. The van der Waals surface area contributed by atoms with Gasteiger partial charge in [-0.25, -0.2) is 9.59 Å². The quantitative estimate of drug-likeness (QED) is 0.484. The van der Waals surface area contributed by atoms with Gasteiger partial charge in [0.15, 0.2) is 0 Å². The van der Waals surface area contributed by atoms with Crippen molar-refractivity contribution in [2.45, 2.75) is 57.4 Å². The largest absolute Gasteiger partial charge is 0.497 e. The number of nitrogens with zero attached hydrogens (tertiary/aromatic N) is 1. The molecule has 0 unspecified atom stereocenters. The fourth-order valence-corrected chi connectivity index (χ4v) is 4.33. The first-order valence-corrected chi connectivity index (χ1v) is 11.2. The maximum atomic E-state index is 13.4. The number of ether oxygens (including phenoxy) is 3. The van der Waals surface area contributed by atoms with E-state index in [1.54, 1.807) is 25.3 Å². The van der Waals surface area contributed by atoms with Gasteiger partial charge in [-0.3, -0.25) is 4.90 Å². The number of benzene rings is 2. The number of amides is 1. The van der Waals surface area contributed by atoms with Crippen LogP contribution in [0.4, 0.5) is 10.5 Å². The molecule has 0 radical (unpaired) electrons. The third-order valence-electron chi connectivity index (χ3n) is 6.88. The molecule has 1 amide bonds. The van der Waals surface area contributed by atoms with Gasteiger partial charge in [0.1, 0.15) is 18.4 Å². The predicted molar refractivity (Wildman–Crippen MR) is 127 cm³/mol. The Hall–Kier alpha value is -3.04. The van der Waals surface area contributed by atoms with Crippen molar-refractivity contribution >= 4 is 24.9 Å². The molecule has 9 heteroatoms. The topological polar surface area (TPSA) is 83.5 Å². The molecular weight excluding hydrogens is 437 g/mol. The van der Waals surface area contributed by atoms with E-state index in [2.05, 4.69) is 0 Å². The van der Waals surface area contributed by atoms with E-state index in [0.29, 0.717) is 17.0 Å². The van der Waals surface area contributed by atoms with Crippen LogP contribution in [0.15, 0.2) is 48.5 Å². The molecule has 8 nitrogen and oxygen atoms in total. The van der Waals surface area contributed by atoms with Crippen LogP contribution in [0, 0.1) is 0 Å². The van der Waals surface area contributed by atoms with Crippen molar-refractivity contribution in [2.24, 2.45) is 0 Å². The lowest BCUT2D eigenvalue weighted by atomic mass is 9.65. The van der Waals surface area contributed by atoms with E-state index in [0.717, 1.165) is 5.56 Å². The fraction of sp³-hybridized carbons (Fsp3) is 0.440. The van der Waals surface area contributed by atoms with Gasteiger partial charge in [-0.05, 0) is 57.0 Å². The van der Waals surface area contributed by atoms with Crippen LogP contribution in [-0.4, -0.2) is 50.6 Å². The van der Waals surface area contributed by atoms with E-state index in [4.69, 9.17) is 23.5 Å². The number of hydrogen-bond acceptors (Lipinski definition) is 7. The molecule has 0 bridgehead atoms. The lowest BCUT2D eigenvalue weighted by Gasteiger charge is -2.32. The zero-order valence-corrected chi connectivity index (χ0v) is 20.4. The normalized spacial score (nSPS) is 22.3. The number of rotatable bonds is 5. The second kappa shape index (κ2) is 8.96. The van der Waals surface area contributed by atoms with Gasteiger partial charge in [-0.2, -0.15) is 0 Å². The summed E-state index contributed by atoms with van der Waals surface area (Å²) in [5, 5.41) is 0. The van der Waals surface area contributed by atoms with E-state index >= 15 is 0 Å². The van der Waals surface area contributed by atoms with Gasteiger partial charge in [0.25, 0.3) is 0 Å². The number of esters is 1. The van der Waals surface area contributed by atoms with Crippen LogP contribution in [0.3, 0.4) is 0 Å². The lowest BCUT2D eigenvalue weighted by molar-refractivity contribution is -0.142. The molecule has 2 atom stereocenters. The van der Waals surface area contributed by atoms with E-state index in [1.165, 1.54) is 12.0 Å². The van der Waals surface area contributed by atoms with E-state index in [1.807, 2.05) is 58.0 Å². The highest BCUT2D eigenvalue weighted by Gasteiger charge is 2.61. The first-order valence-electron chi connectivity index (χ1n) is 11.2. The van der Waals surface area contributed by atoms with Gasteiger partial charge >= 0.3 is 19.2 Å². The van der Waals surface area contributed by atoms with Crippen LogP contribution in [0.1, 0.15) is 44.6 Å². The lowest BCUT2D eigenvalue weighted by Crippen LogP contribution is -2.49. The van der Waals surface area contributed by atoms with Crippen LogP contribution in [-0.2, 0) is 30.2 Å². The van der Waals surface area contributed by atoms with Crippen molar-refractivity contribution < 1.29 is 33.1 Å². The first kappa shape index (κ1) is 24.1. The molecule has 4 rings (SSSR count). The van der Waals surface area contributed by atoms with Crippen LogP contribution >= 0.6 is 0 Å². The summed E-state index contributed by atoms with van der Waals surface area (Å²) in [5.41, 5.74) is 0.790. The second-order valence-electron chi connectivity index (χ2n) is 9.45. The summed E-state index contributed by atoms with van der Waals surface area (Å²) in [7, 11) is 2.05. The highest BCUT2D eigenvalue weighted by Crippen LogP contribution is 2.49. The summed E-state index contributed by atoms with van der Waals surface area (Å²) in [6, 6.07) is 13.6. The van der Waals surface area contributed by atoms with Gasteiger partial charge in [0, 0.05) is 0 Å². The first-order chi connectivity index (χ1) is 16.1. The molecule has 0 aliphatic carbocycles. The zero-order valence-electron chi connectivity index (χ0n) is 20.4. The van der Waals surface area contributed by atoms with Gasteiger partial charge in [0.05, 0.1) is 36.9 Å². The molecule has 0 saturated carbocycles. The van der Waals surface area contributed by atoms with Crippen molar-refractivity contribution in [1.82, 2.24) is 0 Å². The summed E-state index contributed by atoms with van der Waals surface area (Å²) >= 11 is 0. The molecule has 2 aromatic rings. The Bertz CT molecular complexity index is 1060. The Morgan fingerprint density at radius 2 is 1.65 bits per heavy atom. The van der Waals surface area contributed by atoms with Gasteiger partial charge in [-0.15, -0.1) is 0 Å². The van der Waals surface area contributed by atoms with E-state index in [9.17, 15) is 9.59 Å². The van der Waals surface area contributed by atoms with Crippen molar-refractivity contribution in [3.63, 3.8) is 0 Å². The zero-order chi connectivity index (χ0) is 24.7. The standard InChI is InChI=1S/C25H30BNO7/c1-24(2)25(3,4)34-26(33-24)20-18-14-17(30-5)12-13-19(18)27(21(20)22(28)31-6)23(29)32-15-16-10-8-7-9-11-16/h7-14,20-21H,15H2,1-6H3/t20-,21+/m0/s1. The molecule has 1 saturated heterocycles. The molecule has 2 heterocycles. The third-order valence-corrected chi connectivity index (χ3v) is 6.88. The molecule has 2 aromatic carbocycles. The van der Waals surface area contributed by atoms with Crippen molar-refractivity contribution in [3.05, 3.63) is 59.7 Å². The average Bonchev–Trinajstić information content (AvgIpc) is 3.26. The Kier molecular flexibility index (Phi) is 6.35. The average molecular weight is 467 g/mol. The van der Waals surface area contributed by atoms with Crippen LogP contribution in [0.25, 0.3) is 0 Å². The molecule has 0 spiro atoms. The minimum Gasteiger partial charge on any atom is -0.497 e. The molecular formula is C25H30BNO7. The molecule has 0 N–H and O–H groups in total. The maximum absolute atomic E-state index is 13.4. The Labute approximate surface area is 200 Å². The number of fused-ring (bicyclic) bond motifs is 1. The molecule has 1 fully saturated rings. The number of methoxy groups -OCH3 is 2. The number of hydrogen-bond donors (Lipinski definition) is 0. The van der Waals surface area contributed by atoms with Crippen molar-refractivity contribution in [2.75, 3.05) is 19.1 Å². The number of carbonyl (C=O) groups is 2. The summed E-state index contributed by atoms with van der Waals surface area (Å²) in [6.07, 6.45) is -0.662. The van der Waals surface area contributed by atoms with E-state index < -0.39 is 42.2 Å². The number of anilines is 1. The minimum absolute atomic E-state index is 0.0662. The van der Waals surface area contributed by atoms with Gasteiger partial charge in [0.2, 0.25) is 0 Å². The Morgan fingerprint density at radius 3 is 2.24 bits per heavy atom. The Morgan fingerprint density at radius 1 is 1.00 bits per heavy atom. The summed E-state index contributed by atoms with van der Waals surface area (Å²) in [4.78, 5) is 27.8. The van der Waals surface area contributed by atoms with Crippen LogP contribution in [0.2, 0.25) is 0 Å². The highest BCUT2D eigenvalue weighted by atomic mass is 16.7. The monoisotopic (exact) mass is 467 g/mol. The van der Waals surface area contributed by atoms with Crippen molar-refractivity contribution in [3.8, 4) is 5.75 Å². The van der Waals surface area contributed by atoms with Crippen molar-refractivity contribution in [1.29, 1.82) is 0 Å². The van der Waals surface area contributed by atoms with Crippen LogP contribution < -0.4 is 9.64 Å². The fourth-order valence-electron chi connectivity index (χ4n) is 4.33. The summed E-state index contributed by atoms with van der Waals surface area (Å²) in [6.45, 7) is 7.82. The van der Waals surface area contributed by atoms with Crippen LogP contribution in [0.5, 0.6) is 5.75 Å². The predicted octanol–water partition coefficient (Wildman–Crippen LogP) is 4.11. The summed E-state index contributed by atoms with van der Waals surface area (Å²) in [5.74, 6) is -0.655. The smallest absolute Gasteiger partial charge is 0.468 e. The Balaban J connectivity index is 1.74. The van der Waals surface area contributed by atoms with E-state index in [-0.39, 0.29) is 6.61 Å². The molecule has 2 aliphatic rings. The number of carbonyl (C=O) groups excluding carboxylic acids is 2. The second-order valence-corrected chi connectivity index (χ2v) is 9.45. The molecule has 180 valence electrons.